The van der Waals surface area contributed by atoms with Crippen LogP contribution in [0.15, 0.2) is 0 Å². The molecule has 0 amide bonds. The second-order valence-electron chi connectivity index (χ2n) is 4.35. The number of halogens is 1. The predicted molar refractivity (Wildman–Crippen MR) is 63.7 cm³/mol. The fourth-order valence-electron chi connectivity index (χ4n) is 2.06. The Labute approximate surface area is 97.6 Å². The minimum atomic E-state index is -3.16. The fourth-order valence-corrected chi connectivity index (χ4v) is 3.80. The summed E-state index contributed by atoms with van der Waals surface area (Å²) in [6.07, 6.45) is 5.64. The van der Waals surface area contributed by atoms with Crippen LogP contribution in [-0.2, 0) is 10.0 Å². The largest absolute Gasteiger partial charge is 0.213 e. The molecule has 0 spiro atoms. The molecule has 1 rings (SSSR count). The van der Waals surface area contributed by atoms with Crippen LogP contribution in [0.2, 0.25) is 0 Å². The molecule has 1 saturated carbocycles. The third-order valence-corrected chi connectivity index (χ3v) is 4.85. The molecule has 0 aliphatic heterocycles. The number of rotatable bonds is 4. The van der Waals surface area contributed by atoms with Crippen molar-refractivity contribution in [2.75, 3.05) is 11.6 Å². The van der Waals surface area contributed by atoms with Crippen LogP contribution in [-0.4, -0.2) is 26.1 Å². The van der Waals surface area contributed by atoms with Crippen molar-refractivity contribution in [1.29, 1.82) is 0 Å². The average Bonchev–Trinajstić information content (AvgIpc) is 2.31. The lowest BCUT2D eigenvalue weighted by molar-refractivity contribution is 0.399. The predicted octanol–water partition coefficient (Wildman–Crippen LogP) is 2.11. The lowest BCUT2D eigenvalue weighted by Crippen LogP contribution is -2.40. The van der Waals surface area contributed by atoms with Crippen LogP contribution in [0.25, 0.3) is 0 Å². The van der Waals surface area contributed by atoms with E-state index in [0.29, 0.717) is 5.92 Å². The highest BCUT2D eigenvalue weighted by Crippen LogP contribution is 2.23. The molecule has 1 aliphatic carbocycles. The normalized spacial score (nSPS) is 28.7. The smallest absolute Gasteiger partial charge is 0.212 e. The Kier molecular flexibility index (Phi) is 5.36. The van der Waals surface area contributed by atoms with Gasteiger partial charge in [0.2, 0.25) is 10.0 Å². The molecule has 1 N–H and O–H groups in total. The van der Waals surface area contributed by atoms with Gasteiger partial charge >= 0.3 is 0 Å². The summed E-state index contributed by atoms with van der Waals surface area (Å²) in [4.78, 5) is 0. The maximum atomic E-state index is 11.6. The molecule has 0 heterocycles. The zero-order chi connectivity index (χ0) is 11.3. The van der Waals surface area contributed by atoms with E-state index in [1.165, 1.54) is 12.8 Å². The monoisotopic (exact) mass is 253 g/mol. The van der Waals surface area contributed by atoms with Crippen LogP contribution in [0.3, 0.4) is 0 Å². The maximum Gasteiger partial charge on any atom is 0.213 e. The fraction of sp³-hybridized carbons (Fsp3) is 1.00. The van der Waals surface area contributed by atoms with Gasteiger partial charge in [0.05, 0.1) is 5.75 Å². The van der Waals surface area contributed by atoms with E-state index < -0.39 is 10.0 Å². The topological polar surface area (TPSA) is 46.2 Å². The van der Waals surface area contributed by atoms with Gasteiger partial charge in [0.25, 0.3) is 0 Å². The highest BCUT2D eigenvalue weighted by Gasteiger charge is 2.24. The summed E-state index contributed by atoms with van der Waals surface area (Å²) in [6, 6.07) is 0.112. The van der Waals surface area contributed by atoms with Crippen molar-refractivity contribution in [3.63, 3.8) is 0 Å². The standard InChI is InChI=1S/C10H20ClNO2S/c1-9-5-3-2-4-6-10(9)12-15(13,14)8-7-11/h9-10,12H,2-8H2,1H3. The average molecular weight is 254 g/mol. The van der Waals surface area contributed by atoms with Gasteiger partial charge in [-0.25, -0.2) is 13.1 Å². The zero-order valence-electron chi connectivity index (χ0n) is 9.21. The van der Waals surface area contributed by atoms with Gasteiger partial charge in [0, 0.05) is 11.9 Å². The summed E-state index contributed by atoms with van der Waals surface area (Å²) < 4.78 is 25.9. The molecule has 1 fully saturated rings. The maximum absolute atomic E-state index is 11.6. The van der Waals surface area contributed by atoms with Crippen LogP contribution in [0, 0.1) is 5.92 Å². The lowest BCUT2D eigenvalue weighted by Gasteiger charge is -2.22. The van der Waals surface area contributed by atoms with E-state index in [1.54, 1.807) is 0 Å². The molecular weight excluding hydrogens is 234 g/mol. The third-order valence-electron chi connectivity index (χ3n) is 3.04. The van der Waals surface area contributed by atoms with Gasteiger partial charge in [-0.15, -0.1) is 11.6 Å². The van der Waals surface area contributed by atoms with E-state index in [-0.39, 0.29) is 17.7 Å². The molecule has 2 unspecified atom stereocenters. The quantitative estimate of drug-likeness (QED) is 0.616. The van der Waals surface area contributed by atoms with Crippen LogP contribution in [0.5, 0.6) is 0 Å². The van der Waals surface area contributed by atoms with Gasteiger partial charge in [0.15, 0.2) is 0 Å². The zero-order valence-corrected chi connectivity index (χ0v) is 10.8. The molecule has 15 heavy (non-hydrogen) atoms. The summed E-state index contributed by atoms with van der Waals surface area (Å²) >= 11 is 5.45. The number of sulfonamides is 1. The summed E-state index contributed by atoms with van der Waals surface area (Å²) in [6.45, 7) is 2.12. The lowest BCUT2D eigenvalue weighted by atomic mass is 9.98. The van der Waals surface area contributed by atoms with Crippen molar-refractivity contribution in [3.8, 4) is 0 Å². The molecular formula is C10H20ClNO2S. The second-order valence-corrected chi connectivity index (χ2v) is 6.60. The highest BCUT2D eigenvalue weighted by atomic mass is 35.5. The number of alkyl halides is 1. The van der Waals surface area contributed by atoms with Crippen LogP contribution in [0.1, 0.15) is 39.0 Å². The Balaban J connectivity index is 2.54. The van der Waals surface area contributed by atoms with Crippen molar-refractivity contribution < 1.29 is 8.42 Å². The van der Waals surface area contributed by atoms with Crippen LogP contribution < -0.4 is 4.72 Å². The molecule has 0 aromatic rings. The van der Waals surface area contributed by atoms with Gasteiger partial charge in [-0.3, -0.25) is 0 Å². The minimum absolute atomic E-state index is 0.0256. The first kappa shape index (κ1) is 13.3. The Morgan fingerprint density at radius 1 is 1.27 bits per heavy atom. The van der Waals surface area contributed by atoms with Crippen molar-refractivity contribution in [3.05, 3.63) is 0 Å². The van der Waals surface area contributed by atoms with Crippen LogP contribution >= 0.6 is 11.6 Å². The second kappa shape index (κ2) is 6.06. The Hall–Kier alpha value is 0.200. The first-order chi connectivity index (χ1) is 7.05. The van der Waals surface area contributed by atoms with E-state index in [1.807, 2.05) is 0 Å². The minimum Gasteiger partial charge on any atom is -0.212 e. The molecule has 1 aliphatic rings. The van der Waals surface area contributed by atoms with Crippen molar-refractivity contribution in [1.82, 2.24) is 4.72 Å². The van der Waals surface area contributed by atoms with E-state index in [9.17, 15) is 8.42 Å². The van der Waals surface area contributed by atoms with E-state index in [0.717, 1.165) is 19.3 Å². The van der Waals surface area contributed by atoms with E-state index in [4.69, 9.17) is 11.6 Å². The van der Waals surface area contributed by atoms with Crippen LogP contribution in [0.4, 0.5) is 0 Å². The van der Waals surface area contributed by atoms with Crippen molar-refractivity contribution in [2.24, 2.45) is 5.92 Å². The van der Waals surface area contributed by atoms with E-state index in [2.05, 4.69) is 11.6 Å². The molecule has 0 radical (unpaired) electrons. The SMILES string of the molecule is CC1CCCCCC1NS(=O)(=O)CCCl. The number of hydrogen-bond acceptors (Lipinski definition) is 2. The highest BCUT2D eigenvalue weighted by molar-refractivity contribution is 7.89. The first-order valence-electron chi connectivity index (χ1n) is 5.61. The third kappa shape index (κ3) is 4.70. The van der Waals surface area contributed by atoms with Gasteiger partial charge in [-0.05, 0) is 18.8 Å². The molecule has 0 aromatic heterocycles. The van der Waals surface area contributed by atoms with Crippen molar-refractivity contribution >= 4 is 21.6 Å². The first-order valence-corrected chi connectivity index (χ1v) is 7.80. The van der Waals surface area contributed by atoms with Gasteiger partial charge < -0.3 is 0 Å². The molecule has 2 atom stereocenters. The number of hydrogen-bond donors (Lipinski definition) is 1. The molecule has 0 bridgehead atoms. The van der Waals surface area contributed by atoms with E-state index >= 15 is 0 Å². The Morgan fingerprint density at radius 3 is 2.60 bits per heavy atom. The number of nitrogens with one attached hydrogen (secondary N) is 1. The van der Waals surface area contributed by atoms with Crippen molar-refractivity contribution in [2.45, 2.75) is 45.1 Å². The summed E-state index contributed by atoms with van der Waals surface area (Å²) in [7, 11) is -3.16. The summed E-state index contributed by atoms with van der Waals surface area (Å²) in [5, 5.41) is 0. The van der Waals surface area contributed by atoms with Gasteiger partial charge in [0.1, 0.15) is 0 Å². The molecule has 90 valence electrons. The van der Waals surface area contributed by atoms with Gasteiger partial charge in [-0.2, -0.15) is 0 Å². The molecule has 3 nitrogen and oxygen atoms in total. The summed E-state index contributed by atoms with van der Waals surface area (Å²) in [5.41, 5.74) is 0. The summed E-state index contributed by atoms with van der Waals surface area (Å²) in [5.74, 6) is 0.631. The Morgan fingerprint density at radius 2 is 1.93 bits per heavy atom. The molecule has 0 aromatic carbocycles. The molecule has 0 saturated heterocycles. The Bertz CT molecular complexity index is 279. The molecule has 5 heteroatoms. The van der Waals surface area contributed by atoms with Gasteiger partial charge in [-0.1, -0.05) is 26.2 Å².